The maximum Gasteiger partial charge on any atom is 0.256 e. The normalized spacial score (nSPS) is 17.5. The van der Waals surface area contributed by atoms with E-state index in [1.54, 1.807) is 12.4 Å². The zero-order chi connectivity index (χ0) is 13.9. The Balaban J connectivity index is 2.23. The van der Waals surface area contributed by atoms with Crippen LogP contribution in [0.5, 0.6) is 0 Å². The molecule has 0 saturated carbocycles. The molecule has 0 spiro atoms. The summed E-state index contributed by atoms with van der Waals surface area (Å²) < 4.78 is 0. The second-order valence-corrected chi connectivity index (χ2v) is 5.72. The highest BCUT2D eigenvalue weighted by atomic mass is 16.2. The zero-order valence-corrected chi connectivity index (χ0v) is 12.1. The summed E-state index contributed by atoms with van der Waals surface area (Å²) in [7, 11) is 0. The topological polar surface area (TPSA) is 45.2 Å². The Kier molecular flexibility index (Phi) is 4.08. The number of pyridine rings is 1. The number of aromatic nitrogens is 1. The first-order chi connectivity index (χ1) is 9.06. The molecule has 1 fully saturated rings. The zero-order valence-electron chi connectivity index (χ0n) is 12.1. The minimum absolute atomic E-state index is 0.0393. The van der Waals surface area contributed by atoms with Crippen molar-refractivity contribution in [3.63, 3.8) is 0 Å². The van der Waals surface area contributed by atoms with Crippen LogP contribution in [0.2, 0.25) is 0 Å². The van der Waals surface area contributed by atoms with Gasteiger partial charge in [-0.15, -0.1) is 0 Å². The maximum atomic E-state index is 12.7. The van der Waals surface area contributed by atoms with E-state index in [1.807, 2.05) is 11.0 Å². The van der Waals surface area contributed by atoms with E-state index in [0.29, 0.717) is 0 Å². The van der Waals surface area contributed by atoms with Crippen LogP contribution < -0.4 is 5.32 Å². The second-order valence-electron chi connectivity index (χ2n) is 5.72. The van der Waals surface area contributed by atoms with Crippen molar-refractivity contribution in [2.75, 3.05) is 18.4 Å². The summed E-state index contributed by atoms with van der Waals surface area (Å²) in [6, 6.07) is 1.81. The quantitative estimate of drug-likeness (QED) is 0.906. The van der Waals surface area contributed by atoms with Gasteiger partial charge in [0.15, 0.2) is 0 Å². The van der Waals surface area contributed by atoms with Crippen LogP contribution in [0.4, 0.5) is 5.69 Å². The smallest absolute Gasteiger partial charge is 0.256 e. The molecule has 0 unspecified atom stereocenters. The molecule has 4 heteroatoms. The average molecular weight is 261 g/mol. The molecular weight excluding hydrogens is 238 g/mol. The van der Waals surface area contributed by atoms with Crippen LogP contribution in [-0.2, 0) is 0 Å². The lowest BCUT2D eigenvalue weighted by Gasteiger charge is -2.32. The molecule has 1 N–H and O–H groups in total. The summed E-state index contributed by atoms with van der Waals surface area (Å²) >= 11 is 0. The van der Waals surface area contributed by atoms with E-state index in [4.69, 9.17) is 0 Å². The molecule has 0 aromatic carbocycles. The number of hydrogen-bond donors (Lipinski definition) is 1. The molecule has 2 heterocycles. The SMILES string of the molecule is CCCNc1cnccc1C(=O)N1CCCC1(C)C. The molecule has 104 valence electrons. The van der Waals surface area contributed by atoms with Gasteiger partial charge in [-0.25, -0.2) is 0 Å². The largest absolute Gasteiger partial charge is 0.383 e. The van der Waals surface area contributed by atoms with Gasteiger partial charge in [0.2, 0.25) is 0 Å². The lowest BCUT2D eigenvalue weighted by Crippen LogP contribution is -2.42. The highest BCUT2D eigenvalue weighted by molar-refractivity contribution is 5.99. The third-order valence-electron chi connectivity index (χ3n) is 3.76. The van der Waals surface area contributed by atoms with E-state index in [1.165, 1.54) is 0 Å². The fourth-order valence-corrected chi connectivity index (χ4v) is 2.61. The first-order valence-electron chi connectivity index (χ1n) is 7.06. The van der Waals surface area contributed by atoms with Gasteiger partial charge < -0.3 is 10.2 Å². The Bertz CT molecular complexity index is 456. The number of likely N-dealkylation sites (tertiary alicyclic amines) is 1. The summed E-state index contributed by atoms with van der Waals surface area (Å²) in [4.78, 5) is 18.8. The monoisotopic (exact) mass is 261 g/mol. The predicted octanol–water partition coefficient (Wildman–Crippen LogP) is 2.92. The maximum absolute atomic E-state index is 12.7. The first-order valence-corrected chi connectivity index (χ1v) is 7.06. The average Bonchev–Trinajstić information content (AvgIpc) is 2.75. The van der Waals surface area contributed by atoms with Gasteiger partial charge in [0.25, 0.3) is 5.91 Å². The van der Waals surface area contributed by atoms with Crippen molar-refractivity contribution in [1.82, 2.24) is 9.88 Å². The fourth-order valence-electron chi connectivity index (χ4n) is 2.61. The number of nitrogens with zero attached hydrogens (tertiary/aromatic N) is 2. The molecule has 1 saturated heterocycles. The van der Waals surface area contributed by atoms with Gasteiger partial charge in [0, 0.05) is 24.8 Å². The highest BCUT2D eigenvalue weighted by Crippen LogP contribution is 2.31. The summed E-state index contributed by atoms with van der Waals surface area (Å²) in [6.07, 6.45) is 6.61. The molecule has 2 rings (SSSR count). The molecule has 19 heavy (non-hydrogen) atoms. The van der Waals surface area contributed by atoms with Gasteiger partial charge in [-0.2, -0.15) is 0 Å². The summed E-state index contributed by atoms with van der Waals surface area (Å²) in [6.45, 7) is 8.08. The van der Waals surface area contributed by atoms with Crippen molar-refractivity contribution in [3.8, 4) is 0 Å². The fraction of sp³-hybridized carbons (Fsp3) is 0.600. The standard InChI is InChI=1S/C15H23N3O/c1-4-8-17-13-11-16-9-6-12(13)14(19)18-10-5-7-15(18,2)3/h6,9,11,17H,4-5,7-8,10H2,1-3H3. The third-order valence-corrected chi connectivity index (χ3v) is 3.76. The van der Waals surface area contributed by atoms with Crippen molar-refractivity contribution in [3.05, 3.63) is 24.0 Å². The van der Waals surface area contributed by atoms with Crippen molar-refractivity contribution in [1.29, 1.82) is 0 Å². The van der Waals surface area contributed by atoms with Crippen LogP contribution in [0.15, 0.2) is 18.5 Å². The molecule has 1 amide bonds. The van der Waals surface area contributed by atoms with Crippen molar-refractivity contribution in [2.24, 2.45) is 0 Å². The minimum atomic E-state index is -0.0393. The van der Waals surface area contributed by atoms with Gasteiger partial charge in [-0.05, 0) is 39.2 Å². The number of amides is 1. The molecule has 1 aliphatic rings. The van der Waals surface area contributed by atoms with Gasteiger partial charge in [-0.1, -0.05) is 6.92 Å². The predicted molar refractivity (Wildman–Crippen MR) is 77.4 cm³/mol. The van der Waals surface area contributed by atoms with E-state index < -0.39 is 0 Å². The lowest BCUT2D eigenvalue weighted by molar-refractivity contribution is 0.0653. The van der Waals surface area contributed by atoms with Gasteiger partial charge >= 0.3 is 0 Å². The van der Waals surface area contributed by atoms with Crippen molar-refractivity contribution >= 4 is 11.6 Å². The molecule has 0 bridgehead atoms. The number of anilines is 1. The van der Waals surface area contributed by atoms with E-state index in [9.17, 15) is 4.79 Å². The van der Waals surface area contributed by atoms with Crippen LogP contribution in [0.3, 0.4) is 0 Å². The molecule has 0 aliphatic carbocycles. The molecule has 1 aliphatic heterocycles. The molecular formula is C15H23N3O. The van der Waals surface area contributed by atoms with E-state index in [2.05, 4.69) is 31.1 Å². The van der Waals surface area contributed by atoms with Crippen LogP contribution in [0, 0.1) is 0 Å². The Hall–Kier alpha value is -1.58. The molecule has 4 nitrogen and oxygen atoms in total. The Morgan fingerprint density at radius 3 is 2.95 bits per heavy atom. The molecule has 1 aromatic heterocycles. The van der Waals surface area contributed by atoms with Crippen LogP contribution in [-0.4, -0.2) is 34.4 Å². The minimum Gasteiger partial charge on any atom is -0.383 e. The molecule has 0 radical (unpaired) electrons. The summed E-state index contributed by atoms with van der Waals surface area (Å²) in [5, 5.41) is 3.28. The number of nitrogens with one attached hydrogen (secondary N) is 1. The number of carbonyl (C=O) groups is 1. The molecule has 1 aromatic rings. The number of carbonyl (C=O) groups excluding carboxylic acids is 1. The van der Waals surface area contributed by atoms with Gasteiger partial charge in [-0.3, -0.25) is 9.78 Å². The molecule has 0 atom stereocenters. The van der Waals surface area contributed by atoms with Crippen LogP contribution in [0.1, 0.15) is 50.4 Å². The van der Waals surface area contributed by atoms with Gasteiger partial charge in [0.1, 0.15) is 0 Å². The Morgan fingerprint density at radius 1 is 1.53 bits per heavy atom. The second kappa shape index (κ2) is 5.59. The van der Waals surface area contributed by atoms with Crippen molar-refractivity contribution in [2.45, 2.75) is 45.6 Å². The Morgan fingerprint density at radius 2 is 2.32 bits per heavy atom. The van der Waals surface area contributed by atoms with Crippen LogP contribution >= 0.6 is 0 Å². The Labute approximate surface area is 115 Å². The lowest BCUT2D eigenvalue weighted by atomic mass is 10.0. The van der Waals surface area contributed by atoms with E-state index >= 15 is 0 Å². The van der Waals surface area contributed by atoms with Gasteiger partial charge in [0.05, 0.1) is 17.4 Å². The van der Waals surface area contributed by atoms with E-state index in [0.717, 1.165) is 43.6 Å². The highest BCUT2D eigenvalue weighted by Gasteiger charge is 2.36. The van der Waals surface area contributed by atoms with Crippen LogP contribution in [0.25, 0.3) is 0 Å². The van der Waals surface area contributed by atoms with E-state index in [-0.39, 0.29) is 11.4 Å². The first kappa shape index (κ1) is 13.8. The summed E-state index contributed by atoms with van der Waals surface area (Å²) in [5.74, 6) is 0.114. The number of rotatable bonds is 4. The third kappa shape index (κ3) is 2.88. The number of hydrogen-bond acceptors (Lipinski definition) is 3. The summed E-state index contributed by atoms with van der Waals surface area (Å²) in [5.41, 5.74) is 1.54. The van der Waals surface area contributed by atoms with Crippen molar-refractivity contribution < 1.29 is 4.79 Å².